The van der Waals surface area contributed by atoms with Crippen LogP contribution < -0.4 is 23.7 Å². The highest BCUT2D eigenvalue weighted by Crippen LogP contribution is 2.34. The Morgan fingerprint density at radius 3 is 1.46 bits per heavy atom. The van der Waals surface area contributed by atoms with E-state index in [2.05, 4.69) is 10.2 Å². The molecule has 0 spiro atoms. The van der Waals surface area contributed by atoms with Crippen LogP contribution in [0.25, 0.3) is 0 Å². The minimum absolute atomic E-state index is 0.0653. The van der Waals surface area contributed by atoms with Crippen molar-refractivity contribution in [2.45, 2.75) is 20.8 Å². The molecule has 0 fully saturated rings. The number of rotatable bonds is 12. The van der Waals surface area contributed by atoms with Crippen molar-refractivity contribution >= 4 is 23.3 Å². The van der Waals surface area contributed by atoms with E-state index < -0.39 is 11.9 Å². The first-order chi connectivity index (χ1) is 20.0. The monoisotopic (exact) mass is 554 g/mol. The van der Waals surface area contributed by atoms with Crippen LogP contribution in [0.15, 0.2) is 101 Å². The summed E-state index contributed by atoms with van der Waals surface area (Å²) in [6.45, 7) is 7.24. The fourth-order valence-corrected chi connectivity index (χ4v) is 3.64. The van der Waals surface area contributed by atoms with Crippen LogP contribution in [0.5, 0.6) is 28.7 Å². The Bertz CT molecular complexity index is 1480. The van der Waals surface area contributed by atoms with Gasteiger partial charge in [-0.1, -0.05) is 0 Å². The van der Waals surface area contributed by atoms with Gasteiger partial charge in [0.05, 0.1) is 36.6 Å². The summed E-state index contributed by atoms with van der Waals surface area (Å²) in [5.74, 6) is 1.03. The standard InChI is InChI=1S/C32H30N2O7/c1-4-37-25-13-7-22(8-14-25)31(35)40-28-19-20-29(34-33-24-11-17-27(18-12-24)39-6-3)30(21-28)41-32(36)23-9-15-26(16-10-23)38-5-2/h7-21H,4-6H2,1-3H3. The normalized spacial score (nSPS) is 10.7. The summed E-state index contributed by atoms with van der Waals surface area (Å²) >= 11 is 0. The van der Waals surface area contributed by atoms with Crippen molar-refractivity contribution in [2.24, 2.45) is 10.2 Å². The summed E-state index contributed by atoms with van der Waals surface area (Å²) < 4.78 is 27.5. The molecule has 4 aromatic carbocycles. The molecule has 0 aromatic heterocycles. The number of hydrogen-bond acceptors (Lipinski definition) is 9. The Balaban J connectivity index is 1.57. The first-order valence-corrected chi connectivity index (χ1v) is 13.2. The van der Waals surface area contributed by atoms with E-state index in [1.807, 2.05) is 20.8 Å². The molecule has 9 heteroatoms. The van der Waals surface area contributed by atoms with Crippen LogP contribution in [0.4, 0.5) is 11.4 Å². The Kier molecular flexibility index (Phi) is 10.0. The lowest BCUT2D eigenvalue weighted by molar-refractivity contribution is 0.0733. The lowest BCUT2D eigenvalue weighted by atomic mass is 10.2. The fourth-order valence-electron chi connectivity index (χ4n) is 3.64. The van der Waals surface area contributed by atoms with E-state index in [1.165, 1.54) is 6.07 Å². The molecule has 0 unspecified atom stereocenters. The zero-order valence-corrected chi connectivity index (χ0v) is 23.0. The number of nitrogens with zero attached hydrogens (tertiary/aromatic N) is 2. The molecule has 0 aliphatic rings. The Labute approximate surface area is 238 Å². The van der Waals surface area contributed by atoms with Gasteiger partial charge in [0, 0.05) is 6.07 Å². The first kappa shape index (κ1) is 28.8. The van der Waals surface area contributed by atoms with E-state index in [0.717, 1.165) is 5.75 Å². The molecule has 0 atom stereocenters. The van der Waals surface area contributed by atoms with Gasteiger partial charge >= 0.3 is 11.9 Å². The third-order valence-electron chi connectivity index (χ3n) is 5.57. The summed E-state index contributed by atoms with van der Waals surface area (Å²) in [6.07, 6.45) is 0. The molecule has 4 aromatic rings. The van der Waals surface area contributed by atoms with Gasteiger partial charge in [0.15, 0.2) is 5.75 Å². The average Bonchev–Trinajstić information content (AvgIpc) is 2.99. The lowest BCUT2D eigenvalue weighted by Crippen LogP contribution is -2.10. The minimum Gasteiger partial charge on any atom is -0.494 e. The van der Waals surface area contributed by atoms with Crippen LogP contribution >= 0.6 is 0 Å². The quantitative estimate of drug-likeness (QED) is 0.100. The van der Waals surface area contributed by atoms with Gasteiger partial charge in [0.1, 0.15) is 28.7 Å². The molecule has 0 saturated carbocycles. The van der Waals surface area contributed by atoms with Crippen LogP contribution in [-0.2, 0) is 0 Å². The summed E-state index contributed by atoms with van der Waals surface area (Å²) in [5, 5.41) is 8.53. The summed E-state index contributed by atoms with van der Waals surface area (Å²) in [4.78, 5) is 25.7. The van der Waals surface area contributed by atoms with Gasteiger partial charge in [-0.05, 0) is 106 Å². The molecule has 0 saturated heterocycles. The predicted molar refractivity (Wildman–Crippen MR) is 153 cm³/mol. The Morgan fingerprint density at radius 1 is 0.537 bits per heavy atom. The fraction of sp³-hybridized carbons (Fsp3) is 0.188. The second-order valence-electron chi connectivity index (χ2n) is 8.45. The number of carbonyl (C=O) groups is 2. The van der Waals surface area contributed by atoms with Crippen LogP contribution in [-0.4, -0.2) is 31.8 Å². The van der Waals surface area contributed by atoms with E-state index in [9.17, 15) is 9.59 Å². The van der Waals surface area contributed by atoms with Gasteiger partial charge in [0.2, 0.25) is 0 Å². The molecule has 0 heterocycles. The van der Waals surface area contributed by atoms with Crippen LogP contribution in [0, 0.1) is 0 Å². The highest BCUT2D eigenvalue weighted by Gasteiger charge is 2.16. The number of hydrogen-bond donors (Lipinski definition) is 0. The number of carbonyl (C=O) groups excluding carboxylic acids is 2. The third-order valence-corrected chi connectivity index (χ3v) is 5.57. The molecule has 9 nitrogen and oxygen atoms in total. The van der Waals surface area contributed by atoms with Crippen molar-refractivity contribution in [1.82, 2.24) is 0 Å². The van der Waals surface area contributed by atoms with Crippen molar-refractivity contribution in [2.75, 3.05) is 19.8 Å². The first-order valence-electron chi connectivity index (χ1n) is 13.2. The maximum Gasteiger partial charge on any atom is 0.343 e. The van der Waals surface area contributed by atoms with Crippen LogP contribution in [0.3, 0.4) is 0 Å². The van der Waals surface area contributed by atoms with Crippen molar-refractivity contribution in [3.05, 3.63) is 102 Å². The number of esters is 2. The molecule has 0 N–H and O–H groups in total. The average molecular weight is 555 g/mol. The second kappa shape index (κ2) is 14.3. The van der Waals surface area contributed by atoms with Crippen molar-refractivity contribution < 1.29 is 33.3 Å². The number of benzene rings is 4. The smallest absolute Gasteiger partial charge is 0.343 e. The van der Waals surface area contributed by atoms with Crippen molar-refractivity contribution in [3.63, 3.8) is 0 Å². The summed E-state index contributed by atoms with van der Waals surface area (Å²) in [7, 11) is 0. The summed E-state index contributed by atoms with van der Waals surface area (Å²) in [6, 6.07) is 24.8. The Hall–Kier alpha value is -5.18. The second-order valence-corrected chi connectivity index (χ2v) is 8.45. The van der Waals surface area contributed by atoms with E-state index in [-0.39, 0.29) is 17.2 Å². The van der Waals surface area contributed by atoms with Gasteiger partial charge in [-0.25, -0.2) is 9.59 Å². The summed E-state index contributed by atoms with van der Waals surface area (Å²) in [5.41, 5.74) is 1.47. The topological polar surface area (TPSA) is 105 Å². The number of ether oxygens (including phenoxy) is 5. The third kappa shape index (κ3) is 8.15. The molecule has 0 radical (unpaired) electrons. The van der Waals surface area contributed by atoms with Crippen LogP contribution in [0.2, 0.25) is 0 Å². The molecule has 0 aliphatic carbocycles. The molecular formula is C32H30N2O7. The lowest BCUT2D eigenvalue weighted by Gasteiger charge is -2.11. The molecule has 210 valence electrons. The molecule has 0 amide bonds. The maximum atomic E-state index is 13.0. The van der Waals surface area contributed by atoms with E-state index in [1.54, 1.807) is 84.9 Å². The predicted octanol–water partition coefficient (Wildman–Crippen LogP) is 7.74. The molecule has 41 heavy (non-hydrogen) atoms. The van der Waals surface area contributed by atoms with E-state index >= 15 is 0 Å². The Morgan fingerprint density at radius 2 is 0.976 bits per heavy atom. The minimum atomic E-state index is -0.624. The highest BCUT2D eigenvalue weighted by molar-refractivity contribution is 5.93. The zero-order chi connectivity index (χ0) is 29.0. The SMILES string of the molecule is CCOc1ccc(N=Nc2ccc(OC(=O)c3ccc(OCC)cc3)cc2OC(=O)c2ccc(OCC)cc2)cc1. The van der Waals surface area contributed by atoms with Gasteiger partial charge in [-0.2, -0.15) is 5.11 Å². The van der Waals surface area contributed by atoms with Gasteiger partial charge < -0.3 is 23.7 Å². The molecular weight excluding hydrogens is 524 g/mol. The van der Waals surface area contributed by atoms with Gasteiger partial charge in [-0.15, -0.1) is 5.11 Å². The molecule has 0 aliphatic heterocycles. The van der Waals surface area contributed by atoms with E-state index in [0.29, 0.717) is 48.1 Å². The molecule has 0 bridgehead atoms. The zero-order valence-electron chi connectivity index (χ0n) is 23.0. The van der Waals surface area contributed by atoms with Crippen molar-refractivity contribution in [1.29, 1.82) is 0 Å². The molecule has 4 rings (SSSR count). The maximum absolute atomic E-state index is 13.0. The van der Waals surface area contributed by atoms with Crippen molar-refractivity contribution in [3.8, 4) is 28.7 Å². The van der Waals surface area contributed by atoms with Gasteiger partial charge in [0.25, 0.3) is 0 Å². The largest absolute Gasteiger partial charge is 0.494 e. The van der Waals surface area contributed by atoms with E-state index in [4.69, 9.17) is 23.7 Å². The van der Waals surface area contributed by atoms with Crippen LogP contribution in [0.1, 0.15) is 41.5 Å². The highest BCUT2D eigenvalue weighted by atomic mass is 16.5. The van der Waals surface area contributed by atoms with Gasteiger partial charge in [-0.3, -0.25) is 0 Å². The number of azo groups is 1.